The van der Waals surface area contributed by atoms with E-state index in [1.165, 1.54) is 22.9 Å². The summed E-state index contributed by atoms with van der Waals surface area (Å²) in [6.45, 7) is 0. The van der Waals surface area contributed by atoms with E-state index in [2.05, 4.69) is 20.4 Å². The van der Waals surface area contributed by atoms with Gasteiger partial charge in [0.25, 0.3) is 5.56 Å². The minimum atomic E-state index is -0.764. The van der Waals surface area contributed by atoms with Crippen LogP contribution in [-0.2, 0) is 7.05 Å². The van der Waals surface area contributed by atoms with Crippen molar-refractivity contribution >= 4 is 17.0 Å². The number of imidazole rings is 1. The molecule has 3 heterocycles. The minimum absolute atomic E-state index is 0.0110. The fraction of sp³-hybridized carbons (Fsp3) is 0.0625. The van der Waals surface area contributed by atoms with Crippen LogP contribution in [0.4, 0.5) is 20.3 Å². The van der Waals surface area contributed by atoms with Crippen LogP contribution >= 0.6 is 0 Å². The van der Waals surface area contributed by atoms with Crippen molar-refractivity contribution in [1.29, 1.82) is 0 Å². The highest BCUT2D eigenvalue weighted by molar-refractivity contribution is 5.78. The molecular formula is C16H12F2N6O. The number of halogens is 2. The average Bonchev–Trinajstić information content (AvgIpc) is 3.13. The molecule has 0 aliphatic rings. The Hall–Kier alpha value is -3.49. The van der Waals surface area contributed by atoms with E-state index >= 15 is 0 Å². The lowest BCUT2D eigenvalue weighted by atomic mass is 10.2. The number of nitrogens with one attached hydrogen (secondary N) is 2. The second-order valence-corrected chi connectivity index (χ2v) is 5.42. The van der Waals surface area contributed by atoms with Gasteiger partial charge < -0.3 is 10.3 Å². The summed E-state index contributed by atoms with van der Waals surface area (Å²) in [7, 11) is 1.74. The molecule has 0 saturated carbocycles. The third kappa shape index (κ3) is 2.45. The van der Waals surface area contributed by atoms with Crippen molar-refractivity contribution < 1.29 is 8.78 Å². The number of anilines is 2. The molecule has 3 aromatic heterocycles. The molecule has 25 heavy (non-hydrogen) atoms. The molecule has 9 heteroatoms. The molecule has 7 nitrogen and oxygen atoms in total. The second-order valence-electron chi connectivity index (χ2n) is 5.42. The van der Waals surface area contributed by atoms with Gasteiger partial charge in [0.15, 0.2) is 17.2 Å². The molecule has 0 atom stereocenters. The first-order valence-electron chi connectivity index (χ1n) is 7.34. The summed E-state index contributed by atoms with van der Waals surface area (Å²) < 4.78 is 31.3. The molecule has 0 saturated heterocycles. The Morgan fingerprint density at radius 2 is 2.00 bits per heavy atom. The largest absolute Gasteiger partial charge is 0.336 e. The molecular weight excluding hydrogens is 330 g/mol. The average molecular weight is 342 g/mol. The topological polar surface area (TPSA) is 80.0 Å². The fourth-order valence-corrected chi connectivity index (χ4v) is 2.65. The maximum absolute atomic E-state index is 14.2. The molecule has 0 spiro atoms. The maximum atomic E-state index is 14.2. The summed E-state index contributed by atoms with van der Waals surface area (Å²) >= 11 is 0. The van der Waals surface area contributed by atoms with Gasteiger partial charge in [-0.1, -0.05) is 6.07 Å². The van der Waals surface area contributed by atoms with E-state index in [9.17, 15) is 13.6 Å². The number of nitrogens with zero attached hydrogens (tertiary/aromatic N) is 4. The van der Waals surface area contributed by atoms with Gasteiger partial charge in [-0.3, -0.25) is 13.9 Å². The quantitative estimate of drug-likeness (QED) is 0.599. The summed E-state index contributed by atoms with van der Waals surface area (Å²) in [6.07, 6.45) is 6.10. The van der Waals surface area contributed by atoms with E-state index < -0.39 is 17.2 Å². The zero-order chi connectivity index (χ0) is 17.6. The van der Waals surface area contributed by atoms with Gasteiger partial charge in [0.2, 0.25) is 0 Å². The molecule has 0 amide bonds. The third-order valence-electron chi connectivity index (χ3n) is 3.72. The van der Waals surface area contributed by atoms with Gasteiger partial charge in [0.1, 0.15) is 11.6 Å². The number of hydrogen-bond donors (Lipinski definition) is 2. The smallest absolute Gasteiger partial charge is 0.276 e. The van der Waals surface area contributed by atoms with Crippen LogP contribution in [0.25, 0.3) is 16.9 Å². The number of benzene rings is 1. The molecule has 1 aromatic carbocycles. The molecule has 0 unspecified atom stereocenters. The third-order valence-corrected chi connectivity index (χ3v) is 3.72. The monoisotopic (exact) mass is 342 g/mol. The molecule has 0 bridgehead atoms. The van der Waals surface area contributed by atoms with Crippen LogP contribution in [0.2, 0.25) is 0 Å². The highest BCUT2D eigenvalue weighted by atomic mass is 19.1. The van der Waals surface area contributed by atoms with Crippen molar-refractivity contribution in [1.82, 2.24) is 24.1 Å². The summed E-state index contributed by atoms with van der Waals surface area (Å²) in [5.41, 5.74) is -0.0120. The number of fused-ring (bicyclic) bond motifs is 1. The highest BCUT2D eigenvalue weighted by Gasteiger charge is 2.21. The fourth-order valence-electron chi connectivity index (χ4n) is 2.65. The van der Waals surface area contributed by atoms with Gasteiger partial charge in [0.05, 0.1) is 17.4 Å². The highest BCUT2D eigenvalue weighted by Crippen LogP contribution is 2.29. The Balaban J connectivity index is 1.98. The van der Waals surface area contributed by atoms with Crippen LogP contribution < -0.4 is 10.9 Å². The second kappa shape index (κ2) is 5.55. The molecule has 0 fully saturated rings. The van der Waals surface area contributed by atoms with Gasteiger partial charge in [-0.05, 0) is 12.1 Å². The van der Waals surface area contributed by atoms with E-state index in [1.807, 2.05) is 0 Å². The van der Waals surface area contributed by atoms with E-state index in [0.29, 0.717) is 5.69 Å². The predicted octanol–water partition coefficient (Wildman–Crippen LogP) is 2.44. The zero-order valence-corrected chi connectivity index (χ0v) is 13.0. The van der Waals surface area contributed by atoms with E-state index in [-0.39, 0.29) is 22.7 Å². The number of hydrogen-bond acceptors (Lipinski definition) is 4. The van der Waals surface area contributed by atoms with Crippen molar-refractivity contribution in [2.45, 2.75) is 0 Å². The predicted molar refractivity (Wildman–Crippen MR) is 87.7 cm³/mol. The Labute approximate surface area is 139 Å². The van der Waals surface area contributed by atoms with Crippen LogP contribution in [0.3, 0.4) is 0 Å². The summed E-state index contributed by atoms with van der Waals surface area (Å²) in [5.74, 6) is -1.36. The summed E-state index contributed by atoms with van der Waals surface area (Å²) in [6, 6.07) is 3.55. The first-order chi connectivity index (χ1) is 12.0. The van der Waals surface area contributed by atoms with E-state index in [4.69, 9.17) is 0 Å². The molecule has 4 rings (SSSR count). The lowest BCUT2D eigenvalue weighted by molar-refractivity contribution is 0.587. The van der Waals surface area contributed by atoms with Gasteiger partial charge in [-0.15, -0.1) is 0 Å². The summed E-state index contributed by atoms with van der Waals surface area (Å²) in [4.78, 5) is 19.0. The Kier molecular flexibility index (Phi) is 3.34. The lowest BCUT2D eigenvalue weighted by Crippen LogP contribution is -2.09. The molecule has 4 aromatic rings. The van der Waals surface area contributed by atoms with E-state index in [1.54, 1.807) is 24.1 Å². The van der Waals surface area contributed by atoms with Crippen molar-refractivity contribution in [3.63, 3.8) is 0 Å². The standard InChI is InChI=1S/C16H12F2N6O/c1-23-8-9(7-20-23)21-14-13-16(25)19-5-6-24(13)15(22-14)12-10(17)3-2-4-11(12)18/h2-8,21H,1H3,(H,19,25). The first-order valence-corrected chi connectivity index (χ1v) is 7.34. The van der Waals surface area contributed by atoms with Crippen molar-refractivity contribution in [3.8, 4) is 11.4 Å². The molecule has 126 valence electrons. The molecule has 0 radical (unpaired) electrons. The van der Waals surface area contributed by atoms with Crippen LogP contribution in [0.1, 0.15) is 0 Å². The minimum Gasteiger partial charge on any atom is -0.336 e. The molecule has 0 aliphatic carbocycles. The van der Waals surface area contributed by atoms with Crippen LogP contribution in [0, 0.1) is 11.6 Å². The van der Waals surface area contributed by atoms with Crippen LogP contribution in [0.5, 0.6) is 0 Å². The maximum Gasteiger partial charge on any atom is 0.276 e. The number of aromatic nitrogens is 5. The normalized spacial score (nSPS) is 11.2. The Bertz CT molecular complexity index is 1120. The zero-order valence-electron chi connectivity index (χ0n) is 13.0. The van der Waals surface area contributed by atoms with Gasteiger partial charge in [-0.25, -0.2) is 13.8 Å². The SMILES string of the molecule is Cn1cc(Nc2nc(-c3c(F)cccc3F)n3cc[nH]c(=O)c23)cn1. The number of aromatic amines is 1. The van der Waals surface area contributed by atoms with Gasteiger partial charge in [0, 0.05) is 25.6 Å². The lowest BCUT2D eigenvalue weighted by Gasteiger charge is -2.03. The van der Waals surface area contributed by atoms with Crippen molar-refractivity contribution in [3.05, 3.63) is 65.0 Å². The van der Waals surface area contributed by atoms with Crippen molar-refractivity contribution in [2.75, 3.05) is 5.32 Å². The van der Waals surface area contributed by atoms with Crippen LogP contribution in [0.15, 0.2) is 47.8 Å². The number of aryl methyl sites for hydroxylation is 1. The summed E-state index contributed by atoms with van der Waals surface area (Å²) in [5, 5.41) is 6.98. The first kappa shape index (κ1) is 15.1. The van der Waals surface area contributed by atoms with Crippen molar-refractivity contribution in [2.24, 2.45) is 7.05 Å². The Morgan fingerprint density at radius 3 is 2.68 bits per heavy atom. The molecule has 2 N–H and O–H groups in total. The Morgan fingerprint density at radius 1 is 1.24 bits per heavy atom. The molecule has 0 aliphatic heterocycles. The van der Waals surface area contributed by atoms with Gasteiger partial charge >= 0.3 is 0 Å². The number of H-pyrrole nitrogens is 1. The van der Waals surface area contributed by atoms with E-state index in [0.717, 1.165) is 12.1 Å². The van der Waals surface area contributed by atoms with Gasteiger partial charge in [-0.2, -0.15) is 5.10 Å². The number of rotatable bonds is 3. The van der Waals surface area contributed by atoms with Crippen LogP contribution in [-0.4, -0.2) is 24.1 Å².